The van der Waals surface area contributed by atoms with Crippen LogP contribution in [0.15, 0.2) is 29.8 Å². The maximum absolute atomic E-state index is 11.9. The molecule has 0 unspecified atom stereocenters. The van der Waals surface area contributed by atoms with E-state index in [1.165, 1.54) is 34.1 Å². The summed E-state index contributed by atoms with van der Waals surface area (Å²) in [5, 5.41) is 0. The van der Waals surface area contributed by atoms with Crippen LogP contribution in [0.5, 0.6) is 5.75 Å². The van der Waals surface area contributed by atoms with Crippen LogP contribution in [0.25, 0.3) is 0 Å². The van der Waals surface area contributed by atoms with Crippen LogP contribution in [0.1, 0.15) is 29.8 Å². The lowest BCUT2D eigenvalue weighted by Crippen LogP contribution is -2.41. The third-order valence-electron chi connectivity index (χ3n) is 3.33. The molecule has 2 rings (SSSR count). The van der Waals surface area contributed by atoms with E-state index in [-0.39, 0.29) is 17.6 Å². The van der Waals surface area contributed by atoms with E-state index < -0.39 is 23.7 Å². The molecule has 0 amide bonds. The maximum Gasteiger partial charge on any atom is 0.348 e. The Morgan fingerprint density at radius 3 is 2.33 bits per heavy atom. The molecule has 1 aromatic carbocycles. The summed E-state index contributed by atoms with van der Waals surface area (Å²) in [7, 11) is 2.71. The molecule has 0 aliphatic carbocycles. The van der Waals surface area contributed by atoms with Crippen molar-refractivity contribution < 1.29 is 33.3 Å². The Bertz CT molecular complexity index is 694. The molecule has 24 heavy (non-hydrogen) atoms. The standard InChI is InChI=1S/C17H18O7/c1-17(2)23-15(19)12(16(20)24-17)8-6-10-5-7-11(14(18)22-4)13(9-10)21-3/h5,7-9H,6H2,1-4H3. The van der Waals surface area contributed by atoms with Crippen LogP contribution in [0.2, 0.25) is 0 Å². The van der Waals surface area contributed by atoms with Gasteiger partial charge in [0.2, 0.25) is 0 Å². The molecule has 0 radical (unpaired) electrons. The normalized spacial score (nSPS) is 16.1. The second-order valence-corrected chi connectivity index (χ2v) is 5.53. The molecule has 7 nitrogen and oxygen atoms in total. The number of cyclic esters (lactones) is 2. The zero-order valence-electron chi connectivity index (χ0n) is 13.9. The summed E-state index contributed by atoms with van der Waals surface area (Å²) in [6.07, 6.45) is 1.68. The van der Waals surface area contributed by atoms with Gasteiger partial charge in [-0.15, -0.1) is 0 Å². The molecule has 1 aliphatic rings. The van der Waals surface area contributed by atoms with E-state index in [4.69, 9.17) is 14.2 Å². The molecular formula is C17H18O7. The van der Waals surface area contributed by atoms with E-state index in [0.29, 0.717) is 5.75 Å². The lowest BCUT2D eigenvalue weighted by atomic mass is 10.1. The molecule has 0 atom stereocenters. The highest BCUT2D eigenvalue weighted by atomic mass is 16.7. The number of carbonyl (C=O) groups excluding carboxylic acids is 3. The topological polar surface area (TPSA) is 88.1 Å². The molecule has 1 aliphatic heterocycles. The third kappa shape index (κ3) is 3.73. The maximum atomic E-state index is 11.9. The Morgan fingerprint density at radius 1 is 1.17 bits per heavy atom. The smallest absolute Gasteiger partial charge is 0.348 e. The summed E-state index contributed by atoms with van der Waals surface area (Å²) in [6, 6.07) is 4.86. The summed E-state index contributed by atoms with van der Waals surface area (Å²) in [5.41, 5.74) is 0.859. The minimum atomic E-state index is -1.27. The van der Waals surface area contributed by atoms with Crippen molar-refractivity contribution in [2.75, 3.05) is 14.2 Å². The molecule has 0 spiro atoms. The van der Waals surface area contributed by atoms with Gasteiger partial charge in [0.05, 0.1) is 14.2 Å². The Hall–Kier alpha value is -2.83. The SMILES string of the molecule is COC(=O)c1ccc(CC=C2C(=O)OC(C)(C)OC2=O)cc1OC. The van der Waals surface area contributed by atoms with Gasteiger partial charge >= 0.3 is 17.9 Å². The number of ether oxygens (including phenoxy) is 4. The molecule has 0 bridgehead atoms. The number of hydrogen-bond donors (Lipinski definition) is 0. The lowest BCUT2D eigenvalue weighted by Gasteiger charge is -2.29. The molecule has 1 aromatic rings. The number of allylic oxidation sites excluding steroid dienone is 1. The number of rotatable bonds is 4. The van der Waals surface area contributed by atoms with Crippen LogP contribution in [0.4, 0.5) is 0 Å². The van der Waals surface area contributed by atoms with Crippen molar-refractivity contribution in [3.63, 3.8) is 0 Å². The van der Waals surface area contributed by atoms with Gasteiger partial charge in [0.15, 0.2) is 0 Å². The third-order valence-corrected chi connectivity index (χ3v) is 3.33. The first-order valence-electron chi connectivity index (χ1n) is 7.19. The van der Waals surface area contributed by atoms with E-state index in [0.717, 1.165) is 5.56 Å². The van der Waals surface area contributed by atoms with E-state index in [1.807, 2.05) is 0 Å². The number of carbonyl (C=O) groups is 3. The van der Waals surface area contributed by atoms with Crippen LogP contribution < -0.4 is 4.74 Å². The van der Waals surface area contributed by atoms with Crippen LogP contribution in [-0.2, 0) is 30.2 Å². The summed E-state index contributed by atoms with van der Waals surface area (Å²) < 4.78 is 19.9. The van der Waals surface area contributed by atoms with Crippen LogP contribution >= 0.6 is 0 Å². The van der Waals surface area contributed by atoms with Crippen molar-refractivity contribution in [1.29, 1.82) is 0 Å². The highest BCUT2D eigenvalue weighted by Crippen LogP contribution is 2.24. The van der Waals surface area contributed by atoms with Gasteiger partial charge in [-0.1, -0.05) is 12.1 Å². The Morgan fingerprint density at radius 2 is 1.79 bits per heavy atom. The number of benzene rings is 1. The van der Waals surface area contributed by atoms with Gasteiger partial charge in [-0.25, -0.2) is 14.4 Å². The summed E-state index contributed by atoms with van der Waals surface area (Å²) in [6.45, 7) is 2.96. The van der Waals surface area contributed by atoms with Crippen LogP contribution in [0.3, 0.4) is 0 Å². The molecule has 0 aromatic heterocycles. The van der Waals surface area contributed by atoms with Gasteiger partial charge in [0.25, 0.3) is 5.79 Å². The molecule has 0 saturated carbocycles. The Balaban J connectivity index is 2.21. The van der Waals surface area contributed by atoms with Crippen molar-refractivity contribution in [3.8, 4) is 5.75 Å². The lowest BCUT2D eigenvalue weighted by molar-refractivity contribution is -0.222. The molecular weight excluding hydrogens is 316 g/mol. The fraction of sp³-hybridized carbons (Fsp3) is 0.353. The van der Waals surface area contributed by atoms with Gasteiger partial charge in [0, 0.05) is 13.8 Å². The van der Waals surface area contributed by atoms with Gasteiger partial charge in [-0.05, 0) is 24.1 Å². The largest absolute Gasteiger partial charge is 0.496 e. The minimum Gasteiger partial charge on any atom is -0.496 e. The van der Waals surface area contributed by atoms with E-state index in [1.54, 1.807) is 18.2 Å². The van der Waals surface area contributed by atoms with E-state index in [9.17, 15) is 14.4 Å². The second-order valence-electron chi connectivity index (χ2n) is 5.53. The fourth-order valence-electron chi connectivity index (χ4n) is 2.19. The molecule has 1 fully saturated rings. The average Bonchev–Trinajstić information content (AvgIpc) is 2.52. The van der Waals surface area contributed by atoms with Crippen LogP contribution in [-0.4, -0.2) is 37.9 Å². The van der Waals surface area contributed by atoms with Crippen molar-refractivity contribution in [3.05, 3.63) is 41.0 Å². The first kappa shape index (κ1) is 17.5. The Kier molecular flexibility index (Phi) is 4.92. The monoisotopic (exact) mass is 334 g/mol. The molecule has 1 heterocycles. The van der Waals surface area contributed by atoms with Crippen molar-refractivity contribution in [2.24, 2.45) is 0 Å². The van der Waals surface area contributed by atoms with Gasteiger partial charge in [0.1, 0.15) is 16.9 Å². The number of esters is 3. The zero-order chi connectivity index (χ0) is 17.9. The van der Waals surface area contributed by atoms with Crippen molar-refractivity contribution >= 4 is 17.9 Å². The van der Waals surface area contributed by atoms with E-state index >= 15 is 0 Å². The van der Waals surface area contributed by atoms with Gasteiger partial charge in [-0.3, -0.25) is 0 Å². The van der Waals surface area contributed by atoms with E-state index in [2.05, 4.69) is 4.74 Å². The molecule has 0 N–H and O–H groups in total. The number of methoxy groups -OCH3 is 2. The van der Waals surface area contributed by atoms with Crippen molar-refractivity contribution in [1.82, 2.24) is 0 Å². The number of hydrogen-bond acceptors (Lipinski definition) is 7. The highest BCUT2D eigenvalue weighted by molar-refractivity contribution is 6.15. The Labute approximate surface area is 139 Å². The first-order valence-corrected chi connectivity index (χ1v) is 7.19. The summed E-state index contributed by atoms with van der Waals surface area (Å²) in [4.78, 5) is 35.4. The molecule has 128 valence electrons. The zero-order valence-corrected chi connectivity index (χ0v) is 13.9. The highest BCUT2D eigenvalue weighted by Gasteiger charge is 2.38. The summed E-state index contributed by atoms with van der Waals surface area (Å²) in [5.74, 6) is -2.90. The fourth-order valence-corrected chi connectivity index (χ4v) is 2.19. The quantitative estimate of drug-likeness (QED) is 0.471. The average molecular weight is 334 g/mol. The molecule has 1 saturated heterocycles. The second kappa shape index (κ2) is 6.74. The van der Waals surface area contributed by atoms with Crippen molar-refractivity contribution in [2.45, 2.75) is 26.1 Å². The minimum absolute atomic E-state index is 0.162. The summed E-state index contributed by atoms with van der Waals surface area (Å²) >= 11 is 0. The molecule has 7 heteroatoms. The predicted octanol–water partition coefficient (Wildman–Crippen LogP) is 1.79. The van der Waals surface area contributed by atoms with Gasteiger partial charge < -0.3 is 18.9 Å². The van der Waals surface area contributed by atoms with Crippen LogP contribution in [0, 0.1) is 0 Å². The first-order chi connectivity index (χ1) is 11.3. The predicted molar refractivity (Wildman–Crippen MR) is 82.4 cm³/mol. The van der Waals surface area contributed by atoms with Gasteiger partial charge in [-0.2, -0.15) is 0 Å².